The second-order valence-electron chi connectivity index (χ2n) is 4.36. The Balaban J connectivity index is 2.26. The zero-order chi connectivity index (χ0) is 13.1. The predicted molar refractivity (Wildman–Crippen MR) is 68.1 cm³/mol. The zero-order valence-electron chi connectivity index (χ0n) is 10.1. The first-order valence-electron chi connectivity index (χ1n) is 5.88. The summed E-state index contributed by atoms with van der Waals surface area (Å²) < 4.78 is 37.9. The van der Waals surface area contributed by atoms with Crippen LogP contribution in [0.5, 0.6) is 5.75 Å². The average molecular weight is 321 g/mol. The highest BCUT2D eigenvalue weighted by molar-refractivity contribution is 9.09. The van der Waals surface area contributed by atoms with Crippen molar-refractivity contribution < 1.29 is 18.3 Å². The number of alkyl halides is 1. The van der Waals surface area contributed by atoms with Crippen LogP contribution in [-0.4, -0.2) is 20.3 Å². The van der Waals surface area contributed by atoms with Gasteiger partial charge in [0.25, 0.3) is 0 Å². The molecule has 2 rings (SSSR count). The van der Waals surface area contributed by atoms with Crippen molar-refractivity contribution in [2.75, 3.05) is 20.3 Å². The second-order valence-corrected chi connectivity index (χ2v) is 5.34. The molecule has 1 aromatic rings. The van der Waals surface area contributed by atoms with Crippen molar-refractivity contribution in [2.45, 2.75) is 17.7 Å². The molecule has 100 valence electrons. The number of halogens is 3. The fourth-order valence-corrected chi connectivity index (χ4v) is 3.15. The van der Waals surface area contributed by atoms with E-state index in [4.69, 9.17) is 9.47 Å². The molecular formula is C13H15BrF2O2. The van der Waals surface area contributed by atoms with Gasteiger partial charge in [0.15, 0.2) is 0 Å². The van der Waals surface area contributed by atoms with Crippen LogP contribution in [0.3, 0.4) is 0 Å². The summed E-state index contributed by atoms with van der Waals surface area (Å²) in [4.78, 5) is -0.327. The van der Waals surface area contributed by atoms with E-state index in [2.05, 4.69) is 15.9 Å². The van der Waals surface area contributed by atoms with Gasteiger partial charge in [0.1, 0.15) is 17.4 Å². The van der Waals surface area contributed by atoms with Gasteiger partial charge in [0, 0.05) is 35.7 Å². The molecule has 1 saturated heterocycles. The minimum absolute atomic E-state index is 0.0858. The van der Waals surface area contributed by atoms with Gasteiger partial charge < -0.3 is 9.47 Å². The molecule has 1 fully saturated rings. The van der Waals surface area contributed by atoms with Gasteiger partial charge in [-0.25, -0.2) is 8.78 Å². The quantitative estimate of drug-likeness (QED) is 0.788. The molecule has 5 heteroatoms. The lowest BCUT2D eigenvalue weighted by atomic mass is 9.91. The van der Waals surface area contributed by atoms with Gasteiger partial charge >= 0.3 is 0 Å². The number of rotatable bonds is 3. The largest absolute Gasteiger partial charge is 0.497 e. The minimum Gasteiger partial charge on any atom is -0.497 e. The highest BCUT2D eigenvalue weighted by Gasteiger charge is 2.28. The molecule has 1 aliphatic rings. The molecular weight excluding hydrogens is 306 g/mol. The Morgan fingerprint density at radius 1 is 1.28 bits per heavy atom. The van der Waals surface area contributed by atoms with Crippen molar-refractivity contribution in [1.29, 1.82) is 0 Å². The third-order valence-electron chi connectivity index (χ3n) is 3.24. The van der Waals surface area contributed by atoms with E-state index in [-0.39, 0.29) is 22.1 Å². The molecule has 0 radical (unpaired) electrons. The maximum atomic E-state index is 13.9. The third-order valence-corrected chi connectivity index (χ3v) is 4.45. The van der Waals surface area contributed by atoms with Gasteiger partial charge in [-0.05, 0) is 18.8 Å². The summed E-state index contributed by atoms with van der Waals surface area (Å²) in [6, 6.07) is 2.43. The van der Waals surface area contributed by atoms with Crippen molar-refractivity contribution in [2.24, 2.45) is 5.92 Å². The molecule has 0 N–H and O–H groups in total. The van der Waals surface area contributed by atoms with E-state index in [1.54, 1.807) is 0 Å². The summed E-state index contributed by atoms with van der Waals surface area (Å²) in [7, 11) is 1.39. The molecule has 0 spiro atoms. The molecule has 0 amide bonds. The number of hydrogen-bond donors (Lipinski definition) is 0. The highest BCUT2D eigenvalue weighted by atomic mass is 79.9. The Morgan fingerprint density at radius 3 is 2.33 bits per heavy atom. The summed E-state index contributed by atoms with van der Waals surface area (Å²) >= 11 is 3.42. The van der Waals surface area contributed by atoms with Gasteiger partial charge in [-0.3, -0.25) is 0 Å². The van der Waals surface area contributed by atoms with Gasteiger partial charge in [0.2, 0.25) is 0 Å². The van der Waals surface area contributed by atoms with Crippen molar-refractivity contribution in [3.05, 3.63) is 29.3 Å². The van der Waals surface area contributed by atoms with Crippen molar-refractivity contribution in [3.8, 4) is 5.75 Å². The normalized spacial score (nSPS) is 18.7. The van der Waals surface area contributed by atoms with E-state index in [1.807, 2.05) is 0 Å². The standard InChI is InChI=1S/C13H15BrF2O2/c1-17-9-6-10(15)12(11(16)7-9)13(14)8-2-4-18-5-3-8/h6-8,13H,2-5H2,1H3. The van der Waals surface area contributed by atoms with Crippen LogP contribution in [-0.2, 0) is 4.74 Å². The summed E-state index contributed by atoms with van der Waals surface area (Å²) in [6.07, 6.45) is 1.61. The number of benzene rings is 1. The molecule has 1 heterocycles. The Labute approximate surface area is 113 Å². The Morgan fingerprint density at radius 2 is 1.83 bits per heavy atom. The molecule has 0 aliphatic carbocycles. The number of hydrogen-bond acceptors (Lipinski definition) is 2. The lowest BCUT2D eigenvalue weighted by molar-refractivity contribution is 0.0656. The van der Waals surface area contributed by atoms with Crippen LogP contribution >= 0.6 is 15.9 Å². The minimum atomic E-state index is -0.569. The van der Waals surface area contributed by atoms with Crippen LogP contribution in [0.2, 0.25) is 0 Å². The van der Waals surface area contributed by atoms with Crippen LogP contribution in [0.25, 0.3) is 0 Å². The Bertz CT molecular complexity index is 396. The van der Waals surface area contributed by atoms with E-state index in [1.165, 1.54) is 19.2 Å². The first-order chi connectivity index (χ1) is 8.63. The van der Waals surface area contributed by atoms with Gasteiger partial charge in [-0.15, -0.1) is 0 Å². The number of methoxy groups -OCH3 is 1. The molecule has 2 nitrogen and oxygen atoms in total. The molecule has 0 saturated carbocycles. The van der Waals surface area contributed by atoms with Crippen LogP contribution in [0.1, 0.15) is 23.2 Å². The van der Waals surface area contributed by atoms with Crippen molar-refractivity contribution in [1.82, 2.24) is 0 Å². The number of ether oxygens (including phenoxy) is 2. The topological polar surface area (TPSA) is 18.5 Å². The van der Waals surface area contributed by atoms with Crippen LogP contribution < -0.4 is 4.74 Å². The van der Waals surface area contributed by atoms with Gasteiger partial charge in [0.05, 0.1) is 7.11 Å². The van der Waals surface area contributed by atoms with Crippen LogP contribution in [0.15, 0.2) is 12.1 Å². The SMILES string of the molecule is COc1cc(F)c(C(Br)C2CCOCC2)c(F)c1. The maximum Gasteiger partial charge on any atom is 0.134 e. The monoisotopic (exact) mass is 320 g/mol. The van der Waals surface area contributed by atoms with Gasteiger partial charge in [-0.1, -0.05) is 15.9 Å². The van der Waals surface area contributed by atoms with E-state index in [9.17, 15) is 8.78 Å². The molecule has 0 bridgehead atoms. The summed E-state index contributed by atoms with van der Waals surface area (Å²) in [5.41, 5.74) is 0.0858. The Kier molecular flexibility index (Phi) is 4.56. The molecule has 1 atom stereocenters. The van der Waals surface area contributed by atoms with Crippen LogP contribution in [0.4, 0.5) is 8.78 Å². The molecule has 18 heavy (non-hydrogen) atoms. The first kappa shape index (κ1) is 13.7. The average Bonchev–Trinajstić information content (AvgIpc) is 2.38. The lowest BCUT2D eigenvalue weighted by Gasteiger charge is -2.27. The van der Waals surface area contributed by atoms with Crippen LogP contribution in [0, 0.1) is 17.6 Å². The van der Waals surface area contributed by atoms with Gasteiger partial charge in [-0.2, -0.15) is 0 Å². The summed E-state index contributed by atoms with van der Waals surface area (Å²) in [5.74, 6) is -0.753. The van der Waals surface area contributed by atoms with E-state index in [0.29, 0.717) is 13.2 Å². The third kappa shape index (κ3) is 2.83. The van der Waals surface area contributed by atoms with E-state index >= 15 is 0 Å². The first-order valence-corrected chi connectivity index (χ1v) is 6.79. The summed E-state index contributed by atoms with van der Waals surface area (Å²) in [6.45, 7) is 1.29. The smallest absolute Gasteiger partial charge is 0.134 e. The molecule has 1 unspecified atom stereocenters. The molecule has 0 aromatic heterocycles. The lowest BCUT2D eigenvalue weighted by Crippen LogP contribution is -2.20. The summed E-state index contributed by atoms with van der Waals surface area (Å²) in [5, 5.41) is 0. The fraction of sp³-hybridized carbons (Fsp3) is 0.538. The van der Waals surface area contributed by atoms with E-state index in [0.717, 1.165) is 12.8 Å². The molecule has 1 aliphatic heterocycles. The zero-order valence-corrected chi connectivity index (χ0v) is 11.7. The van der Waals surface area contributed by atoms with Crippen molar-refractivity contribution >= 4 is 15.9 Å². The maximum absolute atomic E-state index is 13.9. The Hall–Kier alpha value is -0.680. The fourth-order valence-electron chi connectivity index (χ4n) is 2.19. The predicted octanol–water partition coefficient (Wildman–Crippen LogP) is 3.84. The van der Waals surface area contributed by atoms with E-state index < -0.39 is 11.6 Å². The highest BCUT2D eigenvalue weighted by Crippen LogP contribution is 2.40. The second kappa shape index (κ2) is 5.97. The van der Waals surface area contributed by atoms with Crippen molar-refractivity contribution in [3.63, 3.8) is 0 Å². The molecule has 1 aromatic carbocycles.